The van der Waals surface area contributed by atoms with Gasteiger partial charge in [-0.3, -0.25) is 4.79 Å². The number of hydrogen-bond acceptors (Lipinski definition) is 4. The molecule has 2 N–H and O–H groups in total. The number of fused-ring (bicyclic) bond motifs is 1. The summed E-state index contributed by atoms with van der Waals surface area (Å²) in [5.41, 5.74) is 7.56. The summed E-state index contributed by atoms with van der Waals surface area (Å²) in [6, 6.07) is 5.62. The Morgan fingerprint density at radius 3 is 3.00 bits per heavy atom. The number of likely N-dealkylation sites (N-methyl/N-ethyl adjacent to an activating group) is 1. The maximum Gasteiger partial charge on any atom is 0.241 e. The van der Waals surface area contributed by atoms with Crippen LogP contribution in [-0.2, 0) is 4.79 Å². The minimum Gasteiger partial charge on any atom is -0.487 e. The van der Waals surface area contributed by atoms with Gasteiger partial charge in [0.15, 0.2) is 0 Å². The Morgan fingerprint density at radius 2 is 2.29 bits per heavy atom. The molecule has 0 fully saturated rings. The summed E-state index contributed by atoms with van der Waals surface area (Å²) in [5, 5.41) is 0. The molecule has 1 amide bonds. The Kier molecular flexibility index (Phi) is 4.94. The van der Waals surface area contributed by atoms with E-state index in [9.17, 15) is 4.79 Å². The number of nitrogens with zero attached hydrogens (tertiary/aromatic N) is 2. The molecular weight excluding hydrogens is 266 g/mol. The van der Waals surface area contributed by atoms with Gasteiger partial charge in [-0.05, 0) is 25.5 Å². The van der Waals surface area contributed by atoms with Gasteiger partial charge in [-0.15, -0.1) is 0 Å². The minimum absolute atomic E-state index is 0.0491. The van der Waals surface area contributed by atoms with Crippen LogP contribution in [0.15, 0.2) is 18.2 Å². The van der Waals surface area contributed by atoms with Gasteiger partial charge in [-0.25, -0.2) is 0 Å². The quantitative estimate of drug-likeness (QED) is 0.844. The molecule has 0 saturated heterocycles. The third-order valence-corrected chi connectivity index (χ3v) is 3.75. The first-order valence-corrected chi connectivity index (χ1v) is 7.57. The molecule has 0 aromatic heterocycles. The summed E-state index contributed by atoms with van der Waals surface area (Å²) in [6.45, 7) is 5.94. The van der Waals surface area contributed by atoms with Gasteiger partial charge < -0.3 is 20.3 Å². The van der Waals surface area contributed by atoms with E-state index in [-0.39, 0.29) is 12.0 Å². The number of unbranched alkanes of at least 4 members (excludes halogenated alkanes) is 1. The van der Waals surface area contributed by atoms with E-state index < -0.39 is 0 Å². The maximum absolute atomic E-state index is 12.3. The van der Waals surface area contributed by atoms with Crippen LogP contribution in [0.5, 0.6) is 5.75 Å². The molecule has 0 radical (unpaired) electrons. The fourth-order valence-corrected chi connectivity index (χ4v) is 2.58. The van der Waals surface area contributed by atoms with E-state index >= 15 is 0 Å². The molecule has 1 unspecified atom stereocenters. The van der Waals surface area contributed by atoms with Crippen LogP contribution < -0.4 is 15.4 Å². The number of carbonyl (C=O) groups is 1. The zero-order chi connectivity index (χ0) is 15.4. The molecule has 5 heteroatoms. The van der Waals surface area contributed by atoms with Crippen LogP contribution in [0.4, 0.5) is 11.4 Å². The zero-order valence-electron chi connectivity index (χ0n) is 13.1. The highest BCUT2D eigenvalue weighted by Crippen LogP contribution is 2.38. The molecule has 0 saturated carbocycles. The second kappa shape index (κ2) is 6.70. The van der Waals surface area contributed by atoms with Crippen LogP contribution in [0.3, 0.4) is 0 Å². The molecule has 2 rings (SSSR count). The normalized spacial score (nSPS) is 17.1. The molecule has 5 nitrogen and oxygen atoms in total. The van der Waals surface area contributed by atoms with Crippen molar-refractivity contribution in [1.29, 1.82) is 0 Å². The van der Waals surface area contributed by atoms with E-state index in [0.717, 1.165) is 30.8 Å². The monoisotopic (exact) mass is 291 g/mol. The van der Waals surface area contributed by atoms with Crippen LogP contribution >= 0.6 is 0 Å². The molecule has 116 valence electrons. The summed E-state index contributed by atoms with van der Waals surface area (Å²) in [4.78, 5) is 16.2. The number of benzene rings is 1. The van der Waals surface area contributed by atoms with Crippen molar-refractivity contribution in [2.24, 2.45) is 0 Å². The van der Waals surface area contributed by atoms with Crippen molar-refractivity contribution >= 4 is 17.3 Å². The number of para-hydroxylation sites is 1. The smallest absolute Gasteiger partial charge is 0.241 e. The Morgan fingerprint density at radius 1 is 1.52 bits per heavy atom. The highest BCUT2D eigenvalue weighted by atomic mass is 16.5. The summed E-state index contributed by atoms with van der Waals surface area (Å²) >= 11 is 0. The van der Waals surface area contributed by atoms with E-state index in [1.807, 2.05) is 37.1 Å². The lowest BCUT2D eigenvalue weighted by Gasteiger charge is -2.36. The summed E-state index contributed by atoms with van der Waals surface area (Å²) < 4.78 is 5.80. The maximum atomic E-state index is 12.3. The third kappa shape index (κ3) is 3.60. The van der Waals surface area contributed by atoms with Gasteiger partial charge in [0, 0.05) is 13.6 Å². The van der Waals surface area contributed by atoms with Crippen molar-refractivity contribution in [3.05, 3.63) is 18.2 Å². The summed E-state index contributed by atoms with van der Waals surface area (Å²) in [6.07, 6.45) is 2.16. The Balaban J connectivity index is 2.12. The van der Waals surface area contributed by atoms with Gasteiger partial charge in [0.05, 0.1) is 18.8 Å². The number of hydrogen-bond donors (Lipinski definition) is 1. The Labute approximate surface area is 126 Å². The van der Waals surface area contributed by atoms with Crippen molar-refractivity contribution < 1.29 is 9.53 Å². The van der Waals surface area contributed by atoms with Crippen molar-refractivity contribution in [2.75, 3.05) is 37.3 Å². The summed E-state index contributed by atoms with van der Waals surface area (Å²) in [5.74, 6) is 0.879. The standard InChI is InChI=1S/C16H25N3O2/c1-4-5-9-18(3)15(20)11-19-10-12(2)21-14-8-6-7-13(17)16(14)19/h6-8,12H,4-5,9-11,17H2,1-3H3. The lowest BCUT2D eigenvalue weighted by Crippen LogP contribution is -2.45. The molecule has 0 spiro atoms. The molecule has 0 aliphatic carbocycles. The second-order valence-electron chi connectivity index (χ2n) is 5.67. The van der Waals surface area contributed by atoms with E-state index in [2.05, 4.69) is 6.92 Å². The first kappa shape index (κ1) is 15.5. The number of amides is 1. The lowest BCUT2D eigenvalue weighted by atomic mass is 10.1. The van der Waals surface area contributed by atoms with Gasteiger partial charge in [-0.1, -0.05) is 19.4 Å². The highest BCUT2D eigenvalue weighted by Gasteiger charge is 2.27. The van der Waals surface area contributed by atoms with Crippen LogP contribution in [-0.4, -0.2) is 43.6 Å². The molecule has 1 aliphatic heterocycles. The van der Waals surface area contributed by atoms with Gasteiger partial charge in [0.1, 0.15) is 17.5 Å². The van der Waals surface area contributed by atoms with Crippen molar-refractivity contribution in [1.82, 2.24) is 4.90 Å². The van der Waals surface area contributed by atoms with E-state index in [4.69, 9.17) is 10.5 Å². The second-order valence-corrected chi connectivity index (χ2v) is 5.67. The van der Waals surface area contributed by atoms with Gasteiger partial charge in [0.25, 0.3) is 0 Å². The van der Waals surface area contributed by atoms with Crippen molar-refractivity contribution in [3.8, 4) is 5.75 Å². The SMILES string of the molecule is CCCCN(C)C(=O)CN1CC(C)Oc2cccc(N)c21. The first-order valence-electron chi connectivity index (χ1n) is 7.57. The Hall–Kier alpha value is -1.91. The largest absolute Gasteiger partial charge is 0.487 e. The number of nitrogens with two attached hydrogens (primary N) is 1. The Bertz CT molecular complexity index is 504. The van der Waals surface area contributed by atoms with Crippen molar-refractivity contribution in [3.63, 3.8) is 0 Å². The summed E-state index contributed by atoms with van der Waals surface area (Å²) in [7, 11) is 1.86. The fraction of sp³-hybridized carbons (Fsp3) is 0.562. The third-order valence-electron chi connectivity index (χ3n) is 3.75. The van der Waals surface area contributed by atoms with Crippen LogP contribution in [0, 0.1) is 0 Å². The molecule has 21 heavy (non-hydrogen) atoms. The average Bonchev–Trinajstić information content (AvgIpc) is 2.44. The number of ether oxygens (including phenoxy) is 1. The van der Waals surface area contributed by atoms with Gasteiger partial charge in [-0.2, -0.15) is 0 Å². The molecule has 1 aromatic carbocycles. The minimum atomic E-state index is 0.0491. The van der Waals surface area contributed by atoms with E-state index in [1.54, 1.807) is 4.90 Å². The number of carbonyl (C=O) groups excluding carboxylic acids is 1. The molecule has 1 heterocycles. The number of rotatable bonds is 5. The first-order chi connectivity index (χ1) is 10.0. The number of nitrogen functional groups attached to an aromatic ring is 1. The fourth-order valence-electron chi connectivity index (χ4n) is 2.58. The molecule has 1 aliphatic rings. The average molecular weight is 291 g/mol. The topological polar surface area (TPSA) is 58.8 Å². The molecular formula is C16H25N3O2. The number of anilines is 2. The predicted octanol–water partition coefficient (Wildman–Crippen LogP) is 2.11. The molecule has 1 aromatic rings. The lowest BCUT2D eigenvalue weighted by molar-refractivity contribution is -0.128. The predicted molar refractivity (Wildman–Crippen MR) is 85.7 cm³/mol. The van der Waals surface area contributed by atoms with Crippen molar-refractivity contribution in [2.45, 2.75) is 32.8 Å². The van der Waals surface area contributed by atoms with Crippen LogP contribution in [0.2, 0.25) is 0 Å². The van der Waals surface area contributed by atoms with Crippen LogP contribution in [0.1, 0.15) is 26.7 Å². The molecule has 0 bridgehead atoms. The highest BCUT2D eigenvalue weighted by molar-refractivity contribution is 5.85. The zero-order valence-corrected chi connectivity index (χ0v) is 13.1. The van der Waals surface area contributed by atoms with Gasteiger partial charge in [0.2, 0.25) is 5.91 Å². The van der Waals surface area contributed by atoms with Crippen LogP contribution in [0.25, 0.3) is 0 Å². The van der Waals surface area contributed by atoms with E-state index in [0.29, 0.717) is 18.8 Å². The van der Waals surface area contributed by atoms with E-state index in [1.165, 1.54) is 0 Å². The molecule has 1 atom stereocenters. The van der Waals surface area contributed by atoms with Gasteiger partial charge >= 0.3 is 0 Å².